The molecule has 0 aromatic heterocycles. The summed E-state index contributed by atoms with van der Waals surface area (Å²) in [5, 5.41) is 24.0. The van der Waals surface area contributed by atoms with Crippen LogP contribution in [-0.4, -0.2) is 206 Å². The van der Waals surface area contributed by atoms with Crippen LogP contribution in [-0.2, 0) is 70.3 Å². The monoisotopic (exact) mass is 1340 g/mol. The van der Waals surface area contributed by atoms with Crippen LogP contribution in [0.5, 0.6) is 0 Å². The highest BCUT2D eigenvalue weighted by Crippen LogP contribution is 2.30. The van der Waals surface area contributed by atoms with Crippen LogP contribution in [0.4, 0.5) is 10.5 Å². The summed E-state index contributed by atoms with van der Waals surface area (Å²) < 4.78 is 12.0. The molecule has 0 aliphatic carbocycles. The second-order valence-corrected chi connectivity index (χ2v) is 26.8. The van der Waals surface area contributed by atoms with Crippen molar-refractivity contribution in [2.75, 3.05) is 66.4 Å². The van der Waals surface area contributed by atoms with Crippen LogP contribution in [0.3, 0.4) is 0 Å². The van der Waals surface area contributed by atoms with Crippen LogP contribution in [0, 0.1) is 29.6 Å². The molecule has 2 heterocycles. The van der Waals surface area contributed by atoms with Crippen molar-refractivity contribution in [1.29, 1.82) is 0 Å². The Morgan fingerprint density at radius 3 is 1.94 bits per heavy atom. The van der Waals surface area contributed by atoms with E-state index in [0.29, 0.717) is 88.7 Å². The molecular formula is C71H111N11O14. The van der Waals surface area contributed by atoms with E-state index in [1.807, 2.05) is 71.7 Å². The number of likely N-dealkylation sites (tertiary alicyclic amines) is 2. The molecule has 0 saturated carbocycles. The van der Waals surface area contributed by atoms with Crippen LogP contribution < -0.4 is 37.2 Å². The highest BCUT2D eigenvalue weighted by Gasteiger charge is 2.44. The number of benzene rings is 2. The molecule has 2 saturated heterocycles. The smallest absolute Gasteiger partial charge is 0.326 e. The van der Waals surface area contributed by atoms with Crippen molar-refractivity contribution in [2.24, 2.45) is 35.3 Å². The molecule has 4 rings (SSSR count). The first-order valence-corrected chi connectivity index (χ1v) is 34.1. The number of carboxylic acid groups (broad SMARTS) is 1. The number of ether oxygens (including phenoxy) is 2. The third kappa shape index (κ3) is 23.2. The number of anilines is 1. The van der Waals surface area contributed by atoms with Gasteiger partial charge in [-0.25, -0.2) is 9.59 Å². The topological polar surface area (TPSA) is 329 Å². The van der Waals surface area contributed by atoms with Gasteiger partial charge in [0.25, 0.3) is 0 Å². The number of urea groups is 1. The van der Waals surface area contributed by atoms with E-state index in [-0.39, 0.29) is 91.9 Å². The van der Waals surface area contributed by atoms with Crippen LogP contribution in [0.1, 0.15) is 150 Å². The van der Waals surface area contributed by atoms with Crippen LogP contribution >= 0.6 is 0 Å². The Balaban J connectivity index is 1.40. The maximum atomic E-state index is 14.8. The molecule has 2 aliphatic heterocycles. The summed E-state index contributed by atoms with van der Waals surface area (Å²) in [7, 11) is 7.99. The fourth-order valence-electron chi connectivity index (χ4n) is 12.9. The zero-order chi connectivity index (χ0) is 71.7. The quantitative estimate of drug-likeness (QED) is 0.0250. The first-order chi connectivity index (χ1) is 45.4. The number of hydrogen-bond donors (Lipinski definition) is 7. The largest absolute Gasteiger partial charge is 0.480 e. The minimum Gasteiger partial charge on any atom is -0.480 e. The number of carbonyl (C=O) groups is 11. The molecule has 2 aliphatic rings. The molecular weight excluding hydrogens is 1230 g/mol. The first kappa shape index (κ1) is 80.7. The second kappa shape index (κ2) is 39.4. The predicted molar refractivity (Wildman–Crippen MR) is 366 cm³/mol. The van der Waals surface area contributed by atoms with Gasteiger partial charge >= 0.3 is 12.0 Å². The molecule has 0 radical (unpaired) electrons. The van der Waals surface area contributed by atoms with E-state index in [2.05, 4.69) is 33.2 Å². The van der Waals surface area contributed by atoms with Crippen molar-refractivity contribution < 1.29 is 67.3 Å². The van der Waals surface area contributed by atoms with Gasteiger partial charge < -0.3 is 61.6 Å². The van der Waals surface area contributed by atoms with E-state index in [9.17, 15) is 57.8 Å². The van der Waals surface area contributed by atoms with Gasteiger partial charge in [-0.05, 0) is 106 Å². The van der Waals surface area contributed by atoms with Gasteiger partial charge in [-0.2, -0.15) is 0 Å². The van der Waals surface area contributed by atoms with Crippen molar-refractivity contribution in [3.63, 3.8) is 0 Å². The molecule has 11 amide bonds. The highest BCUT2D eigenvalue weighted by molar-refractivity contribution is 6.03. The van der Waals surface area contributed by atoms with Gasteiger partial charge in [0, 0.05) is 85.4 Å². The van der Waals surface area contributed by atoms with Crippen LogP contribution in [0.25, 0.3) is 0 Å². The van der Waals surface area contributed by atoms with E-state index in [4.69, 9.17) is 15.2 Å². The lowest BCUT2D eigenvalue weighted by atomic mass is 9.92. The summed E-state index contributed by atoms with van der Waals surface area (Å²) in [5.74, 6) is -6.40. The van der Waals surface area contributed by atoms with Crippen molar-refractivity contribution in [3.05, 3.63) is 77.9 Å². The maximum Gasteiger partial charge on any atom is 0.326 e. The van der Waals surface area contributed by atoms with E-state index >= 15 is 0 Å². The molecule has 25 heteroatoms. The molecule has 2 aromatic carbocycles. The molecule has 2 fully saturated rings. The zero-order valence-electron chi connectivity index (χ0n) is 59.3. The van der Waals surface area contributed by atoms with Gasteiger partial charge in [0.1, 0.15) is 24.2 Å². The van der Waals surface area contributed by atoms with Gasteiger partial charge in [-0.3, -0.25) is 53.0 Å². The molecule has 534 valence electrons. The van der Waals surface area contributed by atoms with Gasteiger partial charge in [-0.1, -0.05) is 123 Å². The molecule has 0 bridgehead atoms. The lowest BCUT2D eigenvalue weighted by molar-refractivity contribution is -0.146. The number of amides is 11. The van der Waals surface area contributed by atoms with Gasteiger partial charge in [0.15, 0.2) is 0 Å². The fourth-order valence-corrected chi connectivity index (χ4v) is 12.9. The van der Waals surface area contributed by atoms with E-state index in [0.717, 1.165) is 11.1 Å². The molecule has 25 nitrogen and oxygen atoms in total. The number of likely N-dealkylation sites (N-methyl/N-ethyl adjacent to an activating group) is 3. The van der Waals surface area contributed by atoms with Crippen LogP contribution in [0.15, 0.2) is 66.7 Å². The van der Waals surface area contributed by atoms with E-state index < -0.39 is 96.0 Å². The zero-order valence-corrected chi connectivity index (χ0v) is 59.3. The van der Waals surface area contributed by atoms with Gasteiger partial charge in [0.05, 0.1) is 42.7 Å². The minimum absolute atomic E-state index is 0.0834. The van der Waals surface area contributed by atoms with Crippen molar-refractivity contribution in [3.8, 4) is 0 Å². The Labute approximate surface area is 568 Å². The number of aliphatic carboxylic acids is 1. The number of nitrogens with one attached hydrogen (secondary N) is 5. The highest BCUT2D eigenvalue weighted by atomic mass is 16.5. The van der Waals surface area contributed by atoms with Crippen LogP contribution in [0.2, 0.25) is 0 Å². The number of hydrogen-bond acceptors (Lipinski definition) is 14. The summed E-state index contributed by atoms with van der Waals surface area (Å²) in [5.41, 5.74) is 8.11. The first-order valence-electron chi connectivity index (χ1n) is 34.1. The van der Waals surface area contributed by atoms with E-state index in [1.54, 1.807) is 76.2 Å². The third-order valence-corrected chi connectivity index (χ3v) is 18.7. The molecule has 1 unspecified atom stereocenters. The standard InChI is InChI=1S/C71H111N11O14/c1-16-46(9)62(55(95-14)42-58(85)81-38-25-29-54(81)63(96-15)47(10)64(86)75-53(70(92)93)40-49-26-20-18-21-27-49)80(13)69(91)60(44(5)6)77-66(88)61(45(7)8)78(11)39-35-48-31-33-51(34-32-48)79(12)68(90)52(28-24-36-73-71(72)94)74-65(87)59(43(3)4)76-56(83)30-22-19-23-37-82-57(84)41-50(17-2)67(82)89/h18,20-21,26-27,31-34,43-45,47,50,52-55,59-63H,9,16-17,19,22-25,28-30,35-42H2,1-8,10-15H3,(H,74,87)(H,75,86)(H,76,83)(H,77,88)(H,92,93)(H3,72,73,94)/t47-,50?,52+,53+,54+,55-,59+,60+,61+,62+,63-/m1/s1. The van der Waals surface area contributed by atoms with E-state index in [1.165, 1.54) is 28.9 Å². The Morgan fingerprint density at radius 1 is 0.729 bits per heavy atom. The molecule has 0 spiro atoms. The number of nitrogens with two attached hydrogens (primary N) is 1. The predicted octanol–water partition coefficient (Wildman–Crippen LogP) is 5.36. The van der Waals surface area contributed by atoms with Crippen molar-refractivity contribution in [1.82, 2.24) is 46.2 Å². The van der Waals surface area contributed by atoms with Gasteiger partial charge in [-0.15, -0.1) is 0 Å². The summed E-state index contributed by atoms with van der Waals surface area (Å²) in [6, 6.07) is 9.43. The molecule has 8 N–H and O–H groups in total. The summed E-state index contributed by atoms with van der Waals surface area (Å²) >= 11 is 0. The number of carboxylic acids is 1. The minimum atomic E-state index is -1.19. The Kier molecular flexibility index (Phi) is 33.1. The SMILES string of the molecule is C=C(CC)[C@@H]([C@@H](CC(=O)N1CCC[C@H]1[C@H](OC)[C@@H](C)C(=O)N[C@@H](Cc1ccccc1)C(=O)O)OC)N(C)C(=O)[C@@H](NC(=O)[C@H](C(C)C)N(C)CCc1ccc(N(C)C(=O)[C@H](CCCNC(N)=O)NC(=O)[C@@H](NC(=O)CCCCCN2C(=O)CC(CC)C2=O)C(C)C)cc1)C(C)C. The van der Waals surface area contributed by atoms with Crippen molar-refractivity contribution in [2.45, 2.75) is 207 Å². The normalized spacial score (nSPS) is 17.6. The average molecular weight is 1340 g/mol. The number of primary amides is 1. The third-order valence-electron chi connectivity index (χ3n) is 18.7. The summed E-state index contributed by atoms with van der Waals surface area (Å²) in [6.07, 6.45) is 3.44. The number of carbonyl (C=O) groups excluding carboxylic acids is 10. The molecule has 11 atom stereocenters. The Hall–Kier alpha value is -7.77. The second-order valence-electron chi connectivity index (χ2n) is 26.8. The fraction of sp³-hybridized carbons (Fsp3) is 0.648. The Morgan fingerprint density at radius 2 is 1.38 bits per heavy atom. The Bertz CT molecular complexity index is 2950. The number of methoxy groups -OCH3 is 2. The average Bonchev–Trinajstić information content (AvgIpc) is 1.33. The van der Waals surface area contributed by atoms with Gasteiger partial charge in [0.2, 0.25) is 53.2 Å². The number of rotatable bonds is 41. The molecule has 2 aromatic rings. The maximum absolute atomic E-state index is 14.8. The number of imide groups is 1. The lowest BCUT2D eigenvalue weighted by Crippen LogP contribution is -2.59. The summed E-state index contributed by atoms with van der Waals surface area (Å²) in [4.78, 5) is 155. The molecule has 96 heavy (non-hydrogen) atoms. The lowest BCUT2D eigenvalue weighted by Gasteiger charge is -2.39. The number of nitrogens with zero attached hydrogens (tertiary/aromatic N) is 5. The summed E-state index contributed by atoms with van der Waals surface area (Å²) in [6.45, 7) is 22.2. The van der Waals surface area contributed by atoms with Crippen molar-refractivity contribution >= 4 is 70.9 Å². The number of unbranched alkanes of at least 4 members (excludes halogenated alkanes) is 2.